The van der Waals surface area contributed by atoms with Crippen molar-refractivity contribution in [3.8, 4) is 0 Å². The molecule has 0 aliphatic heterocycles. The number of rotatable bonds is 6. The zero-order valence-corrected chi connectivity index (χ0v) is 8.07. The summed E-state index contributed by atoms with van der Waals surface area (Å²) in [6, 6.07) is 0. The molecule has 1 unspecified atom stereocenters. The van der Waals surface area contributed by atoms with Gasteiger partial charge in [-0.3, -0.25) is 0 Å². The van der Waals surface area contributed by atoms with Crippen molar-refractivity contribution < 1.29 is 5.11 Å². The Kier molecular flexibility index (Phi) is 4.31. The van der Waals surface area contributed by atoms with E-state index in [9.17, 15) is 5.11 Å². The zero-order valence-electron chi connectivity index (χ0n) is 7.25. The zero-order chi connectivity index (χ0) is 8.10. The molecule has 0 radical (unpaired) electrons. The normalized spacial score (nSPS) is 20.2. The largest absolute Gasteiger partial charge is 0.393 e. The second kappa shape index (κ2) is 5.04. The standard InChI is InChI=1S/C9H18OS/c1-11-7-3-2-4-9(10)8-5-6-8/h8-10H,2-7H2,1H3. The maximum Gasteiger partial charge on any atom is 0.0568 e. The first kappa shape index (κ1) is 9.40. The van der Waals surface area contributed by atoms with Gasteiger partial charge in [-0.25, -0.2) is 0 Å². The highest BCUT2D eigenvalue weighted by Gasteiger charge is 2.28. The summed E-state index contributed by atoms with van der Waals surface area (Å²) in [4.78, 5) is 0. The molecule has 1 atom stereocenters. The molecule has 0 amide bonds. The summed E-state index contributed by atoms with van der Waals surface area (Å²) in [6.07, 6.45) is 8.20. The SMILES string of the molecule is CSCCCCC(O)C1CC1. The molecular weight excluding hydrogens is 156 g/mol. The van der Waals surface area contributed by atoms with E-state index in [-0.39, 0.29) is 6.10 Å². The summed E-state index contributed by atoms with van der Waals surface area (Å²) < 4.78 is 0. The molecule has 0 aromatic heterocycles. The van der Waals surface area contributed by atoms with Crippen molar-refractivity contribution in [2.24, 2.45) is 5.92 Å². The Morgan fingerprint density at radius 2 is 2.18 bits per heavy atom. The van der Waals surface area contributed by atoms with E-state index in [1.165, 1.54) is 31.4 Å². The van der Waals surface area contributed by atoms with Crippen molar-refractivity contribution in [1.29, 1.82) is 0 Å². The third-order valence-corrected chi connectivity index (χ3v) is 2.96. The van der Waals surface area contributed by atoms with Crippen LogP contribution in [0.2, 0.25) is 0 Å². The third kappa shape index (κ3) is 4.02. The van der Waals surface area contributed by atoms with Gasteiger partial charge in [-0.05, 0) is 43.6 Å². The van der Waals surface area contributed by atoms with Crippen molar-refractivity contribution in [2.75, 3.05) is 12.0 Å². The van der Waals surface area contributed by atoms with Crippen LogP contribution < -0.4 is 0 Å². The van der Waals surface area contributed by atoms with Gasteiger partial charge in [-0.2, -0.15) is 11.8 Å². The van der Waals surface area contributed by atoms with Crippen LogP contribution >= 0.6 is 11.8 Å². The van der Waals surface area contributed by atoms with Crippen LogP contribution in [0.3, 0.4) is 0 Å². The Hall–Kier alpha value is 0.310. The minimum absolute atomic E-state index is 0.0249. The number of aliphatic hydroxyl groups is 1. The number of thioether (sulfide) groups is 1. The van der Waals surface area contributed by atoms with Crippen molar-refractivity contribution in [3.63, 3.8) is 0 Å². The fourth-order valence-electron chi connectivity index (χ4n) is 1.32. The lowest BCUT2D eigenvalue weighted by Gasteiger charge is -2.07. The predicted molar refractivity (Wildman–Crippen MR) is 51.0 cm³/mol. The average molecular weight is 174 g/mol. The van der Waals surface area contributed by atoms with E-state index in [0.29, 0.717) is 5.92 Å². The Morgan fingerprint density at radius 3 is 2.73 bits per heavy atom. The second-order valence-corrected chi connectivity index (χ2v) is 4.38. The fraction of sp³-hybridized carbons (Fsp3) is 1.00. The summed E-state index contributed by atoms with van der Waals surface area (Å²) in [5.74, 6) is 1.92. The smallest absolute Gasteiger partial charge is 0.0568 e. The molecule has 0 saturated heterocycles. The van der Waals surface area contributed by atoms with Crippen molar-refractivity contribution in [1.82, 2.24) is 0 Å². The highest BCUT2D eigenvalue weighted by atomic mass is 32.2. The lowest BCUT2D eigenvalue weighted by atomic mass is 10.1. The molecule has 0 aromatic rings. The molecule has 66 valence electrons. The maximum atomic E-state index is 9.48. The van der Waals surface area contributed by atoms with Gasteiger partial charge in [-0.15, -0.1) is 0 Å². The molecule has 1 rings (SSSR count). The van der Waals surface area contributed by atoms with E-state index in [0.717, 1.165) is 6.42 Å². The van der Waals surface area contributed by atoms with E-state index in [2.05, 4.69) is 6.26 Å². The summed E-state index contributed by atoms with van der Waals surface area (Å²) >= 11 is 1.90. The topological polar surface area (TPSA) is 20.2 Å². The molecule has 1 N–H and O–H groups in total. The van der Waals surface area contributed by atoms with E-state index < -0.39 is 0 Å². The van der Waals surface area contributed by atoms with Crippen LogP contribution in [-0.4, -0.2) is 23.2 Å². The summed E-state index contributed by atoms with van der Waals surface area (Å²) in [6.45, 7) is 0. The third-order valence-electron chi connectivity index (χ3n) is 2.26. The Morgan fingerprint density at radius 1 is 1.45 bits per heavy atom. The van der Waals surface area contributed by atoms with Gasteiger partial charge in [-0.1, -0.05) is 6.42 Å². The first-order valence-corrected chi connectivity index (χ1v) is 5.91. The lowest BCUT2D eigenvalue weighted by molar-refractivity contribution is 0.139. The van der Waals surface area contributed by atoms with E-state index in [1.54, 1.807) is 0 Å². The molecule has 1 fully saturated rings. The molecule has 0 aromatic carbocycles. The second-order valence-electron chi connectivity index (χ2n) is 3.39. The van der Waals surface area contributed by atoms with Crippen molar-refractivity contribution in [3.05, 3.63) is 0 Å². The quantitative estimate of drug-likeness (QED) is 0.623. The summed E-state index contributed by atoms with van der Waals surface area (Å²) in [5, 5.41) is 9.48. The molecular formula is C9H18OS. The lowest BCUT2D eigenvalue weighted by Crippen LogP contribution is -2.08. The first-order valence-electron chi connectivity index (χ1n) is 4.51. The van der Waals surface area contributed by atoms with Gasteiger partial charge >= 0.3 is 0 Å². The van der Waals surface area contributed by atoms with Gasteiger partial charge in [0.05, 0.1) is 6.10 Å². The Bertz CT molecular complexity index is 102. The molecule has 1 nitrogen and oxygen atoms in total. The van der Waals surface area contributed by atoms with E-state index in [1.807, 2.05) is 11.8 Å². The molecule has 1 saturated carbocycles. The van der Waals surface area contributed by atoms with Gasteiger partial charge in [0.25, 0.3) is 0 Å². The highest BCUT2D eigenvalue weighted by Crippen LogP contribution is 2.34. The number of unbranched alkanes of at least 4 members (excludes halogenated alkanes) is 1. The highest BCUT2D eigenvalue weighted by molar-refractivity contribution is 7.98. The molecule has 2 heteroatoms. The van der Waals surface area contributed by atoms with Crippen LogP contribution in [0.5, 0.6) is 0 Å². The van der Waals surface area contributed by atoms with E-state index in [4.69, 9.17) is 0 Å². The van der Waals surface area contributed by atoms with Crippen LogP contribution in [0.4, 0.5) is 0 Å². The van der Waals surface area contributed by atoms with Crippen LogP contribution in [0, 0.1) is 5.92 Å². The molecule has 0 heterocycles. The predicted octanol–water partition coefficient (Wildman–Crippen LogP) is 2.29. The minimum Gasteiger partial charge on any atom is -0.393 e. The number of aliphatic hydroxyl groups excluding tert-OH is 1. The molecule has 1 aliphatic carbocycles. The van der Waals surface area contributed by atoms with Crippen molar-refractivity contribution in [2.45, 2.75) is 38.2 Å². The van der Waals surface area contributed by atoms with Gasteiger partial charge in [0.15, 0.2) is 0 Å². The van der Waals surface area contributed by atoms with Crippen LogP contribution in [0.25, 0.3) is 0 Å². The van der Waals surface area contributed by atoms with Gasteiger partial charge in [0, 0.05) is 0 Å². The molecule has 0 bridgehead atoms. The van der Waals surface area contributed by atoms with Crippen molar-refractivity contribution >= 4 is 11.8 Å². The monoisotopic (exact) mass is 174 g/mol. The summed E-state index contributed by atoms with van der Waals surface area (Å²) in [5.41, 5.74) is 0. The number of hydrogen-bond acceptors (Lipinski definition) is 2. The van der Waals surface area contributed by atoms with Crippen LogP contribution in [0.1, 0.15) is 32.1 Å². The Labute approximate surface area is 73.6 Å². The van der Waals surface area contributed by atoms with Gasteiger partial charge in [0.1, 0.15) is 0 Å². The van der Waals surface area contributed by atoms with E-state index >= 15 is 0 Å². The van der Waals surface area contributed by atoms with Gasteiger partial charge in [0.2, 0.25) is 0 Å². The minimum atomic E-state index is 0.0249. The molecule has 0 spiro atoms. The van der Waals surface area contributed by atoms with Gasteiger partial charge < -0.3 is 5.11 Å². The molecule has 11 heavy (non-hydrogen) atoms. The number of hydrogen-bond donors (Lipinski definition) is 1. The maximum absolute atomic E-state index is 9.48. The Balaban J connectivity index is 1.85. The average Bonchev–Trinajstić information content (AvgIpc) is 2.79. The fourth-order valence-corrected chi connectivity index (χ4v) is 1.81. The summed E-state index contributed by atoms with van der Waals surface area (Å²) in [7, 11) is 0. The first-order chi connectivity index (χ1) is 5.34. The van der Waals surface area contributed by atoms with Crippen LogP contribution in [0.15, 0.2) is 0 Å². The molecule has 1 aliphatic rings. The van der Waals surface area contributed by atoms with Crippen LogP contribution in [-0.2, 0) is 0 Å².